The van der Waals surface area contributed by atoms with Crippen LogP contribution in [0.25, 0.3) is 0 Å². The zero-order chi connectivity index (χ0) is 22.9. The SMILES string of the molecule is COCCN(CC1CN(C(=O)Nc2cccc(OC)c2)CCO1)C(=O)c1ccccc1F. The van der Waals surface area contributed by atoms with Gasteiger partial charge in [-0.05, 0) is 24.3 Å². The molecule has 0 spiro atoms. The lowest BCUT2D eigenvalue weighted by molar-refractivity contribution is -0.0281. The lowest BCUT2D eigenvalue weighted by Crippen LogP contribution is -2.52. The summed E-state index contributed by atoms with van der Waals surface area (Å²) in [5, 5.41) is 2.85. The summed E-state index contributed by atoms with van der Waals surface area (Å²) in [6, 6.07) is 12.7. The molecule has 172 valence electrons. The van der Waals surface area contributed by atoms with Crippen molar-refractivity contribution >= 4 is 17.6 Å². The van der Waals surface area contributed by atoms with Gasteiger partial charge in [0, 0.05) is 38.5 Å². The summed E-state index contributed by atoms with van der Waals surface area (Å²) >= 11 is 0. The molecule has 1 unspecified atom stereocenters. The van der Waals surface area contributed by atoms with E-state index in [1.165, 1.54) is 30.2 Å². The monoisotopic (exact) mass is 445 g/mol. The molecule has 1 atom stereocenters. The van der Waals surface area contributed by atoms with Crippen LogP contribution in [0.15, 0.2) is 48.5 Å². The molecule has 1 saturated heterocycles. The number of halogens is 1. The van der Waals surface area contributed by atoms with Gasteiger partial charge in [-0.1, -0.05) is 18.2 Å². The minimum Gasteiger partial charge on any atom is -0.497 e. The third-order valence-electron chi connectivity index (χ3n) is 5.13. The van der Waals surface area contributed by atoms with E-state index in [1.807, 2.05) is 0 Å². The molecule has 32 heavy (non-hydrogen) atoms. The molecule has 3 rings (SSSR count). The maximum absolute atomic E-state index is 14.2. The van der Waals surface area contributed by atoms with E-state index in [0.717, 1.165) is 0 Å². The van der Waals surface area contributed by atoms with Crippen molar-refractivity contribution in [2.24, 2.45) is 0 Å². The van der Waals surface area contributed by atoms with Crippen molar-refractivity contribution in [3.63, 3.8) is 0 Å². The number of anilines is 1. The number of hydrogen-bond acceptors (Lipinski definition) is 5. The van der Waals surface area contributed by atoms with Gasteiger partial charge in [-0.25, -0.2) is 9.18 Å². The topological polar surface area (TPSA) is 80.3 Å². The number of nitrogens with zero attached hydrogens (tertiary/aromatic N) is 2. The normalized spacial score (nSPS) is 15.8. The van der Waals surface area contributed by atoms with Crippen LogP contribution in [0.4, 0.5) is 14.9 Å². The summed E-state index contributed by atoms with van der Waals surface area (Å²) in [6.45, 7) is 1.84. The Morgan fingerprint density at radius 1 is 1.22 bits per heavy atom. The zero-order valence-corrected chi connectivity index (χ0v) is 18.3. The minimum absolute atomic E-state index is 0.00737. The van der Waals surface area contributed by atoms with Crippen LogP contribution in [0.5, 0.6) is 5.75 Å². The molecule has 2 aromatic carbocycles. The Balaban J connectivity index is 1.64. The fourth-order valence-corrected chi connectivity index (χ4v) is 3.45. The molecular weight excluding hydrogens is 417 g/mol. The predicted molar refractivity (Wildman–Crippen MR) is 118 cm³/mol. The summed E-state index contributed by atoms with van der Waals surface area (Å²) in [5.74, 6) is -0.381. The number of rotatable bonds is 8. The highest BCUT2D eigenvalue weighted by Crippen LogP contribution is 2.18. The second-order valence-electron chi connectivity index (χ2n) is 7.32. The summed E-state index contributed by atoms with van der Waals surface area (Å²) < 4.78 is 30.2. The van der Waals surface area contributed by atoms with E-state index in [9.17, 15) is 14.0 Å². The first kappa shape index (κ1) is 23.5. The third kappa shape index (κ3) is 6.18. The summed E-state index contributed by atoms with van der Waals surface area (Å²) in [5.41, 5.74) is 0.612. The first-order valence-electron chi connectivity index (χ1n) is 10.4. The number of amides is 3. The quantitative estimate of drug-likeness (QED) is 0.676. The van der Waals surface area contributed by atoms with Crippen molar-refractivity contribution in [1.29, 1.82) is 0 Å². The number of hydrogen-bond donors (Lipinski definition) is 1. The lowest BCUT2D eigenvalue weighted by atomic mass is 10.1. The highest BCUT2D eigenvalue weighted by Gasteiger charge is 2.28. The van der Waals surface area contributed by atoms with Gasteiger partial charge in [0.1, 0.15) is 11.6 Å². The maximum Gasteiger partial charge on any atom is 0.322 e. The van der Waals surface area contributed by atoms with Crippen molar-refractivity contribution < 1.29 is 28.2 Å². The van der Waals surface area contributed by atoms with Gasteiger partial charge < -0.3 is 29.3 Å². The van der Waals surface area contributed by atoms with E-state index >= 15 is 0 Å². The van der Waals surface area contributed by atoms with Gasteiger partial charge in [-0.15, -0.1) is 0 Å². The minimum atomic E-state index is -0.580. The van der Waals surface area contributed by atoms with Crippen LogP contribution >= 0.6 is 0 Å². The standard InChI is InChI=1S/C23H28FN3O5/c1-30-12-10-26(22(28)20-8-3-4-9-21(20)24)15-19-16-27(11-13-32-19)23(29)25-17-6-5-7-18(14-17)31-2/h3-9,14,19H,10-13,15-16H2,1-2H3,(H,25,29). The fourth-order valence-electron chi connectivity index (χ4n) is 3.45. The number of ether oxygens (including phenoxy) is 3. The number of carbonyl (C=O) groups excluding carboxylic acids is 2. The van der Waals surface area contributed by atoms with Gasteiger partial charge in [-0.2, -0.15) is 0 Å². The molecule has 1 N–H and O–H groups in total. The van der Waals surface area contributed by atoms with E-state index in [1.54, 1.807) is 42.3 Å². The van der Waals surface area contributed by atoms with Crippen LogP contribution < -0.4 is 10.1 Å². The Morgan fingerprint density at radius 2 is 2.03 bits per heavy atom. The first-order chi connectivity index (χ1) is 15.5. The van der Waals surface area contributed by atoms with Crippen LogP contribution in [0.3, 0.4) is 0 Å². The van der Waals surface area contributed by atoms with E-state index < -0.39 is 17.8 Å². The molecule has 1 fully saturated rings. The molecule has 0 saturated carbocycles. The highest BCUT2D eigenvalue weighted by atomic mass is 19.1. The molecular formula is C23H28FN3O5. The van der Waals surface area contributed by atoms with Crippen LogP contribution in [0, 0.1) is 5.82 Å². The van der Waals surface area contributed by atoms with Gasteiger partial charge >= 0.3 is 6.03 Å². The smallest absolute Gasteiger partial charge is 0.322 e. The number of methoxy groups -OCH3 is 2. The lowest BCUT2D eigenvalue weighted by Gasteiger charge is -2.35. The summed E-state index contributed by atoms with van der Waals surface area (Å²) in [6.07, 6.45) is -0.410. The van der Waals surface area contributed by atoms with Crippen molar-refractivity contribution in [3.05, 3.63) is 59.9 Å². The van der Waals surface area contributed by atoms with Gasteiger partial charge in [0.25, 0.3) is 5.91 Å². The molecule has 1 heterocycles. The third-order valence-corrected chi connectivity index (χ3v) is 5.13. The second-order valence-corrected chi connectivity index (χ2v) is 7.32. The van der Waals surface area contributed by atoms with Crippen LogP contribution in [0.1, 0.15) is 10.4 Å². The molecule has 3 amide bonds. The van der Waals surface area contributed by atoms with E-state index in [-0.39, 0.29) is 24.7 Å². The average molecular weight is 445 g/mol. The van der Waals surface area contributed by atoms with E-state index in [4.69, 9.17) is 14.2 Å². The molecule has 1 aliphatic heterocycles. The average Bonchev–Trinajstić information content (AvgIpc) is 2.82. The zero-order valence-electron chi connectivity index (χ0n) is 18.3. The summed E-state index contributed by atoms with van der Waals surface area (Å²) in [4.78, 5) is 28.8. The number of urea groups is 1. The van der Waals surface area contributed by atoms with Crippen LogP contribution in [-0.4, -0.2) is 81.5 Å². The Morgan fingerprint density at radius 3 is 2.78 bits per heavy atom. The van der Waals surface area contributed by atoms with Gasteiger partial charge in [0.15, 0.2) is 0 Å². The van der Waals surface area contributed by atoms with Crippen LogP contribution in [0.2, 0.25) is 0 Å². The van der Waals surface area contributed by atoms with Gasteiger partial charge in [0.2, 0.25) is 0 Å². The Hall–Kier alpha value is -3.17. The van der Waals surface area contributed by atoms with Crippen molar-refractivity contribution in [3.8, 4) is 5.75 Å². The molecule has 8 nitrogen and oxygen atoms in total. The van der Waals surface area contributed by atoms with Crippen molar-refractivity contribution in [2.75, 3.05) is 58.9 Å². The van der Waals surface area contributed by atoms with Crippen LogP contribution in [-0.2, 0) is 9.47 Å². The number of morpholine rings is 1. The number of nitrogens with one attached hydrogen (secondary N) is 1. The molecule has 0 radical (unpaired) electrons. The van der Waals surface area contributed by atoms with Gasteiger partial charge in [-0.3, -0.25) is 4.79 Å². The molecule has 1 aliphatic rings. The second kappa shape index (κ2) is 11.4. The van der Waals surface area contributed by atoms with E-state index in [2.05, 4.69) is 5.32 Å². The van der Waals surface area contributed by atoms with E-state index in [0.29, 0.717) is 37.7 Å². The fraction of sp³-hybridized carbons (Fsp3) is 0.391. The first-order valence-corrected chi connectivity index (χ1v) is 10.4. The Labute approximate surface area is 186 Å². The maximum atomic E-state index is 14.2. The van der Waals surface area contributed by atoms with Gasteiger partial charge in [0.05, 0.1) is 38.5 Å². The van der Waals surface area contributed by atoms with Crippen molar-refractivity contribution in [1.82, 2.24) is 9.80 Å². The number of benzene rings is 2. The number of carbonyl (C=O) groups is 2. The predicted octanol–water partition coefficient (Wildman–Crippen LogP) is 2.86. The molecule has 9 heteroatoms. The molecule has 0 aromatic heterocycles. The molecule has 0 bridgehead atoms. The largest absolute Gasteiger partial charge is 0.497 e. The highest BCUT2D eigenvalue weighted by molar-refractivity contribution is 5.94. The molecule has 2 aromatic rings. The summed E-state index contributed by atoms with van der Waals surface area (Å²) in [7, 11) is 3.10. The Kier molecular flexibility index (Phi) is 8.41. The Bertz CT molecular complexity index is 926. The van der Waals surface area contributed by atoms with Crippen molar-refractivity contribution in [2.45, 2.75) is 6.10 Å². The molecule has 0 aliphatic carbocycles.